The number of H-pyrrole nitrogens is 1. The number of nitrogens with two attached hydrogens (primary N) is 1. The van der Waals surface area contributed by atoms with Crippen LogP contribution >= 0.6 is 11.6 Å². The van der Waals surface area contributed by atoms with E-state index < -0.39 is 47.9 Å². The van der Waals surface area contributed by atoms with Crippen molar-refractivity contribution >= 4 is 41.1 Å². The molecule has 58 heavy (non-hydrogen) atoms. The van der Waals surface area contributed by atoms with Gasteiger partial charge in [0.25, 0.3) is 5.91 Å². The zero-order chi connectivity index (χ0) is 41.0. The normalized spacial score (nSPS) is 15.6. The number of aromatic nitrogens is 4. The third-order valence-corrected chi connectivity index (χ3v) is 10.4. The largest absolute Gasteiger partial charge is 0.436 e. The average Bonchev–Trinajstić information content (AvgIpc) is 3.63. The van der Waals surface area contributed by atoms with Gasteiger partial charge in [-0.25, -0.2) is 24.0 Å². The second-order valence-corrected chi connectivity index (χ2v) is 14.2. The Morgan fingerprint density at radius 2 is 1.57 bits per heavy atom. The van der Waals surface area contributed by atoms with E-state index in [1.165, 1.54) is 26.7 Å². The van der Waals surface area contributed by atoms with E-state index in [0.29, 0.717) is 43.3 Å². The number of halogens is 4. The monoisotopic (exact) mass is 818 g/mol. The molecule has 2 saturated heterocycles. The molecule has 2 aromatic heterocycles. The van der Waals surface area contributed by atoms with Crippen LogP contribution in [-0.2, 0) is 22.1 Å². The minimum Gasteiger partial charge on any atom is -0.436 e. The number of hydrogen-bond donors (Lipinski definition) is 2. The van der Waals surface area contributed by atoms with Crippen LogP contribution in [0.4, 0.5) is 29.5 Å². The standard InChI is InChI=1S/C40H38ClF3N8O6/c41-31-22-25(21-30(34(31)45)40(42,43)44)23-32(58-39(56)51-15-13-28(14-16-51)52-38(55)47-35(48-52)26-7-3-1-4-8-26)36(53)50-19-17-49(18-20-50)33-12-11-27(24-46-33)37(54)57-29-9-5-2-6-10-29/h1-12,21-22,24,28,32H,13-20,23,45H2,(H,47,48,55)/t32-/m1/s1. The van der Waals surface area contributed by atoms with Gasteiger partial charge in [0.1, 0.15) is 11.6 Å². The zero-order valence-corrected chi connectivity index (χ0v) is 31.7. The van der Waals surface area contributed by atoms with E-state index in [0.717, 1.165) is 11.6 Å². The Bertz CT molecular complexity index is 2310. The summed E-state index contributed by atoms with van der Waals surface area (Å²) in [6.45, 7) is 1.35. The summed E-state index contributed by atoms with van der Waals surface area (Å²) in [7, 11) is 0. The van der Waals surface area contributed by atoms with E-state index in [1.54, 1.807) is 42.5 Å². The number of piperazine rings is 1. The molecule has 3 N–H and O–H groups in total. The van der Waals surface area contributed by atoms with Crippen molar-refractivity contribution in [1.29, 1.82) is 0 Å². The number of ether oxygens (including phenoxy) is 2. The lowest BCUT2D eigenvalue weighted by molar-refractivity contribution is -0.141. The van der Waals surface area contributed by atoms with Crippen molar-refractivity contribution in [2.24, 2.45) is 0 Å². The first-order valence-corrected chi connectivity index (χ1v) is 18.8. The van der Waals surface area contributed by atoms with Gasteiger partial charge in [-0.05, 0) is 54.8 Å². The van der Waals surface area contributed by atoms with E-state index >= 15 is 0 Å². The molecule has 0 unspecified atom stereocenters. The molecule has 3 aromatic carbocycles. The number of piperidine rings is 1. The van der Waals surface area contributed by atoms with Crippen molar-refractivity contribution in [2.45, 2.75) is 37.6 Å². The quantitative estimate of drug-likeness (QED) is 0.105. The highest BCUT2D eigenvalue weighted by molar-refractivity contribution is 6.33. The second-order valence-electron chi connectivity index (χ2n) is 13.8. The first-order valence-electron chi connectivity index (χ1n) is 18.5. The summed E-state index contributed by atoms with van der Waals surface area (Å²) in [5.41, 5.74) is 4.44. The third-order valence-electron chi connectivity index (χ3n) is 10.0. The van der Waals surface area contributed by atoms with Gasteiger partial charge in [-0.1, -0.05) is 60.1 Å². The average molecular weight is 819 g/mol. The Morgan fingerprint density at radius 1 is 0.897 bits per heavy atom. The molecule has 2 aliphatic heterocycles. The molecule has 2 aliphatic rings. The lowest BCUT2D eigenvalue weighted by atomic mass is 10.0. The predicted octanol–water partition coefficient (Wildman–Crippen LogP) is 5.84. The molecule has 1 atom stereocenters. The van der Waals surface area contributed by atoms with Crippen LogP contribution in [0.1, 0.15) is 40.4 Å². The minimum absolute atomic E-state index is 0.00257. The van der Waals surface area contributed by atoms with Gasteiger partial charge in [0, 0.05) is 57.4 Å². The Hall–Kier alpha value is -6.36. The smallest absolute Gasteiger partial charge is 0.418 e. The highest BCUT2D eigenvalue weighted by atomic mass is 35.5. The van der Waals surface area contributed by atoms with Crippen LogP contribution < -0.4 is 21.1 Å². The van der Waals surface area contributed by atoms with Crippen LogP contribution in [0.15, 0.2) is 95.9 Å². The molecule has 0 saturated carbocycles. The number of alkyl halides is 3. The molecule has 5 aromatic rings. The SMILES string of the molecule is Nc1c(Cl)cc(C[C@@H](OC(=O)N2CCC(n3nc(-c4ccccc4)[nH]c3=O)CC2)C(=O)N2CCN(c3ccc(C(=O)Oc4ccccc4)cn3)CC2)cc1C(F)(F)F. The number of aromatic amines is 1. The maximum atomic E-state index is 14.1. The van der Waals surface area contributed by atoms with Crippen LogP contribution in [0, 0.1) is 0 Å². The number of rotatable bonds is 9. The van der Waals surface area contributed by atoms with Crippen molar-refractivity contribution in [1.82, 2.24) is 29.5 Å². The number of likely N-dealkylation sites (tertiary alicyclic amines) is 1. The molecule has 0 aliphatic carbocycles. The van der Waals surface area contributed by atoms with Crippen LogP contribution in [0.25, 0.3) is 11.4 Å². The molecule has 14 nitrogen and oxygen atoms in total. The zero-order valence-electron chi connectivity index (χ0n) is 30.9. The Labute approximate surface area is 334 Å². The maximum absolute atomic E-state index is 14.1. The van der Waals surface area contributed by atoms with Gasteiger partial charge >= 0.3 is 23.9 Å². The number of esters is 1. The van der Waals surface area contributed by atoms with E-state index in [4.69, 9.17) is 26.8 Å². The Kier molecular flexibility index (Phi) is 11.7. The maximum Gasteiger partial charge on any atom is 0.418 e. The molecule has 0 radical (unpaired) electrons. The Balaban J connectivity index is 1.02. The first kappa shape index (κ1) is 39.9. The lowest BCUT2D eigenvalue weighted by Gasteiger charge is -2.37. The summed E-state index contributed by atoms with van der Waals surface area (Å²) in [4.78, 5) is 65.0. The van der Waals surface area contributed by atoms with Gasteiger partial charge < -0.3 is 29.9 Å². The number of carbonyl (C=O) groups is 3. The molecule has 4 heterocycles. The van der Waals surface area contributed by atoms with Gasteiger partial charge in [-0.3, -0.25) is 9.78 Å². The molecule has 2 amide bonds. The molecular weight excluding hydrogens is 781 g/mol. The summed E-state index contributed by atoms with van der Waals surface area (Å²) in [6.07, 6.45) is -5.44. The summed E-state index contributed by atoms with van der Waals surface area (Å²) in [6, 6.07) is 22.7. The van der Waals surface area contributed by atoms with E-state index in [2.05, 4.69) is 15.1 Å². The Morgan fingerprint density at radius 3 is 2.21 bits per heavy atom. The molecule has 302 valence electrons. The summed E-state index contributed by atoms with van der Waals surface area (Å²) >= 11 is 6.11. The number of amides is 2. The van der Waals surface area contributed by atoms with Crippen molar-refractivity contribution < 1.29 is 37.0 Å². The predicted molar refractivity (Wildman–Crippen MR) is 207 cm³/mol. The van der Waals surface area contributed by atoms with Gasteiger partial charge in [0.15, 0.2) is 11.9 Å². The number of para-hydroxylation sites is 1. The number of carbonyl (C=O) groups excluding carboxylic acids is 3. The molecule has 18 heteroatoms. The second kappa shape index (κ2) is 17.0. The minimum atomic E-state index is -4.83. The van der Waals surface area contributed by atoms with Crippen molar-refractivity contribution in [3.05, 3.63) is 123 Å². The van der Waals surface area contributed by atoms with Gasteiger partial charge in [-0.15, -0.1) is 5.10 Å². The topological polar surface area (TPSA) is 169 Å². The highest BCUT2D eigenvalue weighted by Crippen LogP contribution is 2.38. The van der Waals surface area contributed by atoms with Crippen LogP contribution in [0.2, 0.25) is 5.02 Å². The van der Waals surface area contributed by atoms with Crippen molar-refractivity contribution in [2.75, 3.05) is 49.9 Å². The number of pyridine rings is 1. The number of nitrogen functional groups attached to an aromatic ring is 1. The number of nitrogens with zero attached hydrogens (tertiary/aromatic N) is 6. The number of nitrogens with one attached hydrogen (secondary N) is 1. The van der Waals surface area contributed by atoms with E-state index in [-0.39, 0.29) is 54.1 Å². The highest BCUT2D eigenvalue weighted by Gasteiger charge is 2.37. The van der Waals surface area contributed by atoms with E-state index in [1.807, 2.05) is 35.2 Å². The van der Waals surface area contributed by atoms with Crippen molar-refractivity contribution in [3.8, 4) is 17.1 Å². The van der Waals surface area contributed by atoms with Gasteiger partial charge in [-0.2, -0.15) is 13.2 Å². The van der Waals surface area contributed by atoms with Crippen LogP contribution in [0.3, 0.4) is 0 Å². The fraction of sp³-hybridized carbons (Fsp3) is 0.300. The van der Waals surface area contributed by atoms with Gasteiger partial charge in [0.05, 0.1) is 27.9 Å². The van der Waals surface area contributed by atoms with Crippen LogP contribution in [-0.4, -0.2) is 92.9 Å². The van der Waals surface area contributed by atoms with E-state index in [9.17, 15) is 32.3 Å². The molecular formula is C40H38ClF3N8O6. The summed E-state index contributed by atoms with van der Waals surface area (Å²) in [5.74, 6) is 0.196. The number of anilines is 2. The third kappa shape index (κ3) is 9.09. The van der Waals surface area contributed by atoms with Gasteiger partial charge in [0.2, 0.25) is 0 Å². The molecule has 2 fully saturated rings. The number of hydrogen-bond acceptors (Lipinski definition) is 10. The van der Waals surface area contributed by atoms with Crippen LogP contribution in [0.5, 0.6) is 5.75 Å². The molecule has 0 bridgehead atoms. The van der Waals surface area contributed by atoms with Crippen molar-refractivity contribution in [3.63, 3.8) is 0 Å². The first-order chi connectivity index (χ1) is 27.8. The fourth-order valence-electron chi connectivity index (χ4n) is 6.93. The molecule has 7 rings (SSSR count). The fourth-order valence-corrected chi connectivity index (χ4v) is 7.17. The summed E-state index contributed by atoms with van der Waals surface area (Å²) < 4.78 is 54.2. The summed E-state index contributed by atoms with van der Waals surface area (Å²) in [5, 5.41) is 4.12. The lowest BCUT2D eigenvalue weighted by Crippen LogP contribution is -2.53. The molecule has 0 spiro atoms. The number of benzene rings is 3.